The lowest BCUT2D eigenvalue weighted by molar-refractivity contribution is -0.0498. The summed E-state index contributed by atoms with van der Waals surface area (Å²) in [5, 5.41) is 4.40. The molecule has 1 saturated heterocycles. The molecule has 3 atom stereocenters. The van der Waals surface area contributed by atoms with Gasteiger partial charge in [0.25, 0.3) is 0 Å². The molecule has 0 radical (unpaired) electrons. The van der Waals surface area contributed by atoms with Crippen LogP contribution in [0, 0.1) is 0 Å². The van der Waals surface area contributed by atoms with Crippen LogP contribution in [0.3, 0.4) is 0 Å². The van der Waals surface area contributed by atoms with E-state index in [0.29, 0.717) is 12.1 Å². The average molecular weight is 267 g/mol. The molecule has 2 fully saturated rings. The SMILES string of the molecule is CCOC1C2CCC1N(Cc1ccsc1)CCO2. The van der Waals surface area contributed by atoms with Gasteiger partial charge in [0.15, 0.2) is 0 Å². The Balaban J connectivity index is 1.73. The summed E-state index contributed by atoms with van der Waals surface area (Å²) in [6.45, 7) is 5.77. The molecule has 100 valence electrons. The molecule has 4 heteroatoms. The molecule has 1 saturated carbocycles. The lowest BCUT2D eigenvalue weighted by Gasteiger charge is -2.30. The topological polar surface area (TPSA) is 21.7 Å². The number of fused-ring (bicyclic) bond motifs is 2. The number of rotatable bonds is 4. The molecular weight excluding hydrogens is 246 g/mol. The van der Waals surface area contributed by atoms with Crippen LogP contribution < -0.4 is 0 Å². The first-order valence-corrected chi connectivity index (χ1v) is 7.81. The number of nitrogens with zero attached hydrogens (tertiary/aromatic N) is 1. The van der Waals surface area contributed by atoms with Crippen LogP contribution in [0.1, 0.15) is 25.3 Å². The number of ether oxygens (including phenoxy) is 2. The van der Waals surface area contributed by atoms with Gasteiger partial charge < -0.3 is 9.47 Å². The zero-order valence-electron chi connectivity index (χ0n) is 10.9. The van der Waals surface area contributed by atoms with Gasteiger partial charge in [0, 0.05) is 25.7 Å². The quantitative estimate of drug-likeness (QED) is 0.836. The summed E-state index contributed by atoms with van der Waals surface area (Å²) in [4.78, 5) is 2.55. The summed E-state index contributed by atoms with van der Waals surface area (Å²) in [5.41, 5.74) is 1.42. The third kappa shape index (κ3) is 2.48. The van der Waals surface area contributed by atoms with Crippen LogP contribution in [0.25, 0.3) is 0 Å². The molecule has 0 amide bonds. The van der Waals surface area contributed by atoms with Crippen LogP contribution in [-0.2, 0) is 16.0 Å². The third-order valence-electron chi connectivity index (χ3n) is 4.00. The second kappa shape index (κ2) is 5.70. The van der Waals surface area contributed by atoms with Crippen LogP contribution >= 0.6 is 11.3 Å². The van der Waals surface area contributed by atoms with Gasteiger partial charge in [-0.2, -0.15) is 11.3 Å². The second-order valence-corrected chi connectivity index (χ2v) is 5.86. The predicted octanol–water partition coefficient (Wildman–Crippen LogP) is 2.52. The van der Waals surface area contributed by atoms with E-state index in [9.17, 15) is 0 Å². The van der Waals surface area contributed by atoms with E-state index in [2.05, 4.69) is 28.7 Å². The van der Waals surface area contributed by atoms with E-state index in [4.69, 9.17) is 9.47 Å². The molecule has 18 heavy (non-hydrogen) atoms. The van der Waals surface area contributed by atoms with Gasteiger partial charge in [0.1, 0.15) is 0 Å². The molecule has 0 spiro atoms. The van der Waals surface area contributed by atoms with Crippen LogP contribution in [-0.4, -0.2) is 42.9 Å². The minimum absolute atomic E-state index is 0.274. The summed E-state index contributed by atoms with van der Waals surface area (Å²) in [6.07, 6.45) is 2.95. The maximum atomic E-state index is 5.94. The minimum atomic E-state index is 0.274. The van der Waals surface area contributed by atoms with Gasteiger partial charge in [0.05, 0.1) is 18.8 Å². The van der Waals surface area contributed by atoms with Crippen LogP contribution in [0.2, 0.25) is 0 Å². The van der Waals surface area contributed by atoms with Crippen molar-refractivity contribution in [2.75, 3.05) is 19.8 Å². The van der Waals surface area contributed by atoms with Crippen molar-refractivity contribution in [1.29, 1.82) is 0 Å². The van der Waals surface area contributed by atoms with Crippen molar-refractivity contribution in [2.45, 2.75) is 44.6 Å². The highest BCUT2D eigenvalue weighted by atomic mass is 32.1. The molecule has 1 aromatic heterocycles. The second-order valence-electron chi connectivity index (χ2n) is 5.08. The Labute approximate surface area is 113 Å². The third-order valence-corrected chi connectivity index (χ3v) is 4.73. The Kier molecular flexibility index (Phi) is 3.99. The van der Waals surface area contributed by atoms with Crippen LogP contribution in [0.15, 0.2) is 16.8 Å². The predicted molar refractivity (Wildman–Crippen MR) is 72.9 cm³/mol. The number of thiophene rings is 1. The molecule has 1 aliphatic carbocycles. The molecule has 0 N–H and O–H groups in total. The normalized spacial score (nSPS) is 32.6. The summed E-state index contributed by atoms with van der Waals surface area (Å²) < 4.78 is 11.9. The maximum Gasteiger partial charge on any atom is 0.0991 e. The van der Waals surface area contributed by atoms with Crippen LogP contribution in [0.5, 0.6) is 0 Å². The summed E-state index contributed by atoms with van der Waals surface area (Å²) >= 11 is 1.77. The van der Waals surface area contributed by atoms with Crippen molar-refractivity contribution in [1.82, 2.24) is 4.90 Å². The fourth-order valence-electron chi connectivity index (χ4n) is 3.19. The van der Waals surface area contributed by atoms with E-state index < -0.39 is 0 Å². The fourth-order valence-corrected chi connectivity index (χ4v) is 3.85. The first-order chi connectivity index (χ1) is 8.88. The van der Waals surface area contributed by atoms with E-state index >= 15 is 0 Å². The zero-order valence-corrected chi connectivity index (χ0v) is 11.7. The van der Waals surface area contributed by atoms with E-state index in [-0.39, 0.29) is 6.10 Å². The average Bonchev–Trinajstić information content (AvgIpc) is 2.93. The van der Waals surface area contributed by atoms with Crippen molar-refractivity contribution in [3.8, 4) is 0 Å². The van der Waals surface area contributed by atoms with Gasteiger partial charge in [-0.15, -0.1) is 0 Å². The number of hydrogen-bond acceptors (Lipinski definition) is 4. The van der Waals surface area contributed by atoms with Crippen molar-refractivity contribution in [3.05, 3.63) is 22.4 Å². The zero-order chi connectivity index (χ0) is 12.4. The Morgan fingerprint density at radius 1 is 1.50 bits per heavy atom. The van der Waals surface area contributed by atoms with Gasteiger partial charge in [-0.1, -0.05) is 0 Å². The Morgan fingerprint density at radius 2 is 2.44 bits per heavy atom. The summed E-state index contributed by atoms with van der Waals surface area (Å²) in [7, 11) is 0. The van der Waals surface area contributed by atoms with Gasteiger partial charge in [-0.05, 0) is 42.2 Å². The molecule has 0 aromatic carbocycles. The van der Waals surface area contributed by atoms with Gasteiger partial charge in [-0.25, -0.2) is 0 Å². The Hall–Kier alpha value is -0.420. The lowest BCUT2D eigenvalue weighted by atomic mass is 10.1. The molecule has 2 heterocycles. The van der Waals surface area contributed by atoms with E-state index in [1.807, 2.05) is 0 Å². The van der Waals surface area contributed by atoms with E-state index in [1.54, 1.807) is 11.3 Å². The highest BCUT2D eigenvalue weighted by molar-refractivity contribution is 7.07. The van der Waals surface area contributed by atoms with Crippen molar-refractivity contribution >= 4 is 11.3 Å². The summed E-state index contributed by atoms with van der Waals surface area (Å²) in [6, 6.07) is 2.76. The first-order valence-electron chi connectivity index (χ1n) is 6.87. The van der Waals surface area contributed by atoms with Gasteiger partial charge in [0.2, 0.25) is 0 Å². The largest absolute Gasteiger partial charge is 0.374 e. The lowest BCUT2D eigenvalue weighted by Crippen LogP contribution is -2.42. The Morgan fingerprint density at radius 3 is 3.22 bits per heavy atom. The molecule has 3 unspecified atom stereocenters. The van der Waals surface area contributed by atoms with E-state index in [0.717, 1.165) is 32.7 Å². The van der Waals surface area contributed by atoms with Gasteiger partial charge in [-0.3, -0.25) is 4.90 Å². The molecule has 3 rings (SSSR count). The van der Waals surface area contributed by atoms with Gasteiger partial charge >= 0.3 is 0 Å². The smallest absolute Gasteiger partial charge is 0.0991 e. The first kappa shape index (κ1) is 12.6. The molecule has 2 bridgehead atoms. The Bertz CT molecular complexity index is 368. The molecule has 1 aromatic rings. The van der Waals surface area contributed by atoms with Crippen molar-refractivity contribution in [2.24, 2.45) is 0 Å². The van der Waals surface area contributed by atoms with Crippen molar-refractivity contribution in [3.63, 3.8) is 0 Å². The molecule has 2 aliphatic rings. The van der Waals surface area contributed by atoms with E-state index in [1.165, 1.54) is 12.0 Å². The molecular formula is C14H21NO2S. The molecule has 1 aliphatic heterocycles. The monoisotopic (exact) mass is 267 g/mol. The molecule has 3 nitrogen and oxygen atoms in total. The van der Waals surface area contributed by atoms with Crippen LogP contribution in [0.4, 0.5) is 0 Å². The highest BCUT2D eigenvalue weighted by Crippen LogP contribution is 2.32. The standard InChI is InChI=1S/C14H21NO2S/c1-2-16-14-12-3-4-13(14)17-7-6-15(12)9-11-5-8-18-10-11/h5,8,10,12-14H,2-4,6-7,9H2,1H3. The van der Waals surface area contributed by atoms with Crippen molar-refractivity contribution < 1.29 is 9.47 Å². The highest BCUT2D eigenvalue weighted by Gasteiger charge is 2.42. The minimum Gasteiger partial charge on any atom is -0.374 e. The summed E-state index contributed by atoms with van der Waals surface area (Å²) in [5.74, 6) is 0. The number of hydrogen-bond donors (Lipinski definition) is 0. The fraction of sp³-hybridized carbons (Fsp3) is 0.714. The maximum absolute atomic E-state index is 5.94.